The lowest BCUT2D eigenvalue weighted by atomic mass is 10.2. The van der Waals surface area contributed by atoms with E-state index < -0.39 is 0 Å². The van der Waals surface area contributed by atoms with Crippen molar-refractivity contribution < 1.29 is 9.53 Å². The van der Waals surface area contributed by atoms with Gasteiger partial charge in [-0.25, -0.2) is 4.79 Å². The van der Waals surface area contributed by atoms with Crippen LogP contribution in [-0.2, 0) is 0 Å². The zero-order chi connectivity index (χ0) is 12.7. The summed E-state index contributed by atoms with van der Waals surface area (Å²) in [7, 11) is 1.60. The topological polar surface area (TPSA) is 50.4 Å². The van der Waals surface area contributed by atoms with E-state index in [0.29, 0.717) is 5.92 Å². The molecule has 1 aromatic carbocycles. The molecule has 0 saturated carbocycles. The van der Waals surface area contributed by atoms with Gasteiger partial charge in [0.2, 0.25) is 0 Å². The van der Waals surface area contributed by atoms with Gasteiger partial charge >= 0.3 is 6.03 Å². The van der Waals surface area contributed by atoms with Gasteiger partial charge in [-0.05, 0) is 30.2 Å². The number of carbonyl (C=O) groups is 1. The molecule has 2 amide bonds. The van der Waals surface area contributed by atoms with Crippen molar-refractivity contribution in [3.05, 3.63) is 36.5 Å². The second-order valence-corrected chi connectivity index (χ2v) is 3.93. The van der Waals surface area contributed by atoms with Gasteiger partial charge < -0.3 is 15.4 Å². The van der Waals surface area contributed by atoms with Crippen molar-refractivity contribution in [2.45, 2.75) is 13.8 Å². The molecule has 2 N–H and O–H groups in total. The van der Waals surface area contributed by atoms with E-state index in [1.165, 1.54) is 0 Å². The number of amides is 2. The SMILES string of the molecule is COc1ccc(NC(=O)N/C=C/C(C)C)cc1. The van der Waals surface area contributed by atoms with Crippen LogP contribution in [0, 0.1) is 5.92 Å². The van der Waals surface area contributed by atoms with Gasteiger partial charge in [0.15, 0.2) is 0 Å². The smallest absolute Gasteiger partial charge is 0.323 e. The van der Waals surface area contributed by atoms with Crippen molar-refractivity contribution in [3.63, 3.8) is 0 Å². The third kappa shape index (κ3) is 5.06. The van der Waals surface area contributed by atoms with Crippen molar-refractivity contribution >= 4 is 11.7 Å². The number of nitrogens with one attached hydrogen (secondary N) is 2. The molecule has 0 aliphatic carbocycles. The Hall–Kier alpha value is -1.97. The van der Waals surface area contributed by atoms with Crippen LogP contribution in [0.4, 0.5) is 10.5 Å². The van der Waals surface area contributed by atoms with E-state index in [0.717, 1.165) is 11.4 Å². The highest BCUT2D eigenvalue weighted by atomic mass is 16.5. The Kier molecular flexibility index (Phi) is 5.07. The van der Waals surface area contributed by atoms with Gasteiger partial charge in [0, 0.05) is 11.9 Å². The van der Waals surface area contributed by atoms with Crippen LogP contribution in [-0.4, -0.2) is 13.1 Å². The van der Waals surface area contributed by atoms with Crippen LogP contribution in [0.5, 0.6) is 5.75 Å². The lowest BCUT2D eigenvalue weighted by Crippen LogP contribution is -2.23. The summed E-state index contributed by atoms with van der Waals surface area (Å²) in [5.41, 5.74) is 0.723. The van der Waals surface area contributed by atoms with Crippen molar-refractivity contribution in [3.8, 4) is 5.75 Å². The summed E-state index contributed by atoms with van der Waals surface area (Å²) in [5, 5.41) is 5.34. The fraction of sp³-hybridized carbons (Fsp3) is 0.308. The fourth-order valence-electron chi connectivity index (χ4n) is 1.16. The minimum absolute atomic E-state index is 0.257. The first-order valence-corrected chi connectivity index (χ1v) is 5.50. The molecule has 0 atom stereocenters. The van der Waals surface area contributed by atoms with Crippen molar-refractivity contribution in [2.75, 3.05) is 12.4 Å². The molecule has 0 radical (unpaired) electrons. The molecule has 4 heteroatoms. The molecule has 0 unspecified atom stereocenters. The van der Waals surface area contributed by atoms with Crippen LogP contribution in [0.25, 0.3) is 0 Å². The summed E-state index contributed by atoms with van der Waals surface area (Å²) < 4.78 is 5.03. The quantitative estimate of drug-likeness (QED) is 0.841. The minimum Gasteiger partial charge on any atom is -0.497 e. The minimum atomic E-state index is -0.257. The number of hydrogen-bond donors (Lipinski definition) is 2. The molecule has 0 fully saturated rings. The zero-order valence-electron chi connectivity index (χ0n) is 10.4. The summed E-state index contributed by atoms with van der Waals surface area (Å²) in [6.45, 7) is 4.08. The lowest BCUT2D eigenvalue weighted by molar-refractivity contribution is 0.255. The standard InChI is InChI=1S/C13H18N2O2/c1-10(2)8-9-14-13(16)15-11-4-6-12(17-3)7-5-11/h4-10H,1-3H3,(H2,14,15,16)/b9-8+. The molecule has 0 spiro atoms. The molecule has 1 rings (SSSR count). The maximum absolute atomic E-state index is 11.4. The van der Waals surface area contributed by atoms with Crippen LogP contribution in [0.1, 0.15) is 13.8 Å². The van der Waals surface area contributed by atoms with E-state index in [4.69, 9.17) is 4.74 Å². The van der Waals surface area contributed by atoms with E-state index in [1.54, 1.807) is 37.6 Å². The maximum atomic E-state index is 11.4. The largest absolute Gasteiger partial charge is 0.497 e. The number of allylic oxidation sites excluding steroid dienone is 1. The Morgan fingerprint density at radius 1 is 1.29 bits per heavy atom. The highest BCUT2D eigenvalue weighted by Gasteiger charge is 1.99. The van der Waals surface area contributed by atoms with Crippen LogP contribution in [0.3, 0.4) is 0 Å². The highest BCUT2D eigenvalue weighted by molar-refractivity contribution is 5.89. The third-order valence-corrected chi connectivity index (χ3v) is 2.04. The summed E-state index contributed by atoms with van der Waals surface area (Å²) in [5.74, 6) is 1.17. The van der Waals surface area contributed by atoms with Crippen LogP contribution in [0.15, 0.2) is 36.5 Å². The van der Waals surface area contributed by atoms with Gasteiger partial charge in [-0.15, -0.1) is 0 Å². The van der Waals surface area contributed by atoms with Gasteiger partial charge in [-0.2, -0.15) is 0 Å². The Morgan fingerprint density at radius 2 is 1.94 bits per heavy atom. The van der Waals surface area contributed by atoms with Crippen LogP contribution < -0.4 is 15.4 Å². The molecular weight excluding hydrogens is 216 g/mol. The van der Waals surface area contributed by atoms with Gasteiger partial charge in [0.1, 0.15) is 5.75 Å². The molecule has 0 aliphatic rings. The molecule has 0 aromatic heterocycles. The van der Waals surface area contributed by atoms with Gasteiger partial charge in [0.25, 0.3) is 0 Å². The number of methoxy groups -OCH3 is 1. The molecule has 0 heterocycles. The Morgan fingerprint density at radius 3 is 2.47 bits per heavy atom. The first kappa shape index (κ1) is 13.1. The average molecular weight is 234 g/mol. The van der Waals surface area contributed by atoms with E-state index in [1.807, 2.05) is 19.9 Å². The average Bonchev–Trinajstić information content (AvgIpc) is 2.29. The van der Waals surface area contributed by atoms with E-state index >= 15 is 0 Å². The fourth-order valence-corrected chi connectivity index (χ4v) is 1.16. The van der Waals surface area contributed by atoms with Crippen LogP contribution >= 0.6 is 0 Å². The second kappa shape index (κ2) is 6.58. The molecular formula is C13H18N2O2. The summed E-state index contributed by atoms with van der Waals surface area (Å²) >= 11 is 0. The van der Waals surface area contributed by atoms with Gasteiger partial charge in [-0.1, -0.05) is 19.9 Å². The number of hydrogen-bond acceptors (Lipinski definition) is 2. The third-order valence-electron chi connectivity index (χ3n) is 2.04. The van der Waals surface area contributed by atoms with Crippen molar-refractivity contribution in [2.24, 2.45) is 5.92 Å². The maximum Gasteiger partial charge on any atom is 0.323 e. The second-order valence-electron chi connectivity index (χ2n) is 3.93. The number of rotatable bonds is 4. The molecule has 4 nitrogen and oxygen atoms in total. The van der Waals surface area contributed by atoms with E-state index in [-0.39, 0.29) is 6.03 Å². The molecule has 0 saturated heterocycles. The molecule has 92 valence electrons. The summed E-state index contributed by atoms with van der Waals surface area (Å²) in [6.07, 6.45) is 3.55. The predicted molar refractivity (Wildman–Crippen MR) is 69.1 cm³/mol. The highest BCUT2D eigenvalue weighted by Crippen LogP contribution is 2.14. The Labute approximate surface area is 102 Å². The first-order chi connectivity index (χ1) is 8.11. The van der Waals surface area contributed by atoms with Crippen molar-refractivity contribution in [1.29, 1.82) is 0 Å². The zero-order valence-corrected chi connectivity index (χ0v) is 10.4. The Balaban J connectivity index is 2.45. The van der Waals surface area contributed by atoms with Crippen molar-refractivity contribution in [1.82, 2.24) is 5.32 Å². The lowest BCUT2D eigenvalue weighted by Gasteiger charge is -2.05. The summed E-state index contributed by atoms with van der Waals surface area (Å²) in [4.78, 5) is 11.4. The number of benzene rings is 1. The molecule has 0 bridgehead atoms. The Bertz CT molecular complexity index is 383. The number of urea groups is 1. The first-order valence-electron chi connectivity index (χ1n) is 5.50. The van der Waals surface area contributed by atoms with E-state index in [9.17, 15) is 4.79 Å². The van der Waals surface area contributed by atoms with Gasteiger partial charge in [-0.3, -0.25) is 0 Å². The van der Waals surface area contributed by atoms with Gasteiger partial charge in [0.05, 0.1) is 7.11 Å². The molecule has 17 heavy (non-hydrogen) atoms. The summed E-state index contributed by atoms with van der Waals surface area (Å²) in [6, 6.07) is 6.89. The molecule has 0 aliphatic heterocycles. The van der Waals surface area contributed by atoms with Crippen LogP contribution in [0.2, 0.25) is 0 Å². The normalized spacial score (nSPS) is 10.6. The molecule has 1 aromatic rings. The number of ether oxygens (including phenoxy) is 1. The predicted octanol–water partition coefficient (Wildman–Crippen LogP) is 2.99. The monoisotopic (exact) mass is 234 g/mol. The number of carbonyl (C=O) groups excluding carboxylic acids is 1. The number of anilines is 1. The van der Waals surface area contributed by atoms with E-state index in [2.05, 4.69) is 10.6 Å².